The third-order valence-corrected chi connectivity index (χ3v) is 7.94. The zero-order valence-corrected chi connectivity index (χ0v) is 21.9. The number of primary amides is 1. The van der Waals surface area contributed by atoms with Gasteiger partial charge in [-0.05, 0) is 69.6 Å². The fourth-order valence-corrected chi connectivity index (χ4v) is 6.25. The minimum absolute atomic E-state index is 0.0345. The predicted octanol–water partition coefficient (Wildman–Crippen LogP) is 2.93. The van der Waals surface area contributed by atoms with Crippen molar-refractivity contribution in [3.8, 4) is 5.88 Å². The molecule has 0 aliphatic heterocycles. The number of nitrogens with one attached hydrogen (secondary N) is 2. The van der Waals surface area contributed by atoms with Gasteiger partial charge < -0.3 is 25.8 Å². The summed E-state index contributed by atoms with van der Waals surface area (Å²) < 4.78 is 12.4. The molecular weight excluding hydrogens is 462 g/mol. The molecule has 0 saturated heterocycles. The second-order valence-corrected chi connectivity index (χ2v) is 11.8. The van der Waals surface area contributed by atoms with Crippen LogP contribution in [0.5, 0.6) is 5.88 Å². The maximum absolute atomic E-state index is 13.5. The zero-order valence-electron chi connectivity index (χ0n) is 21.9. The lowest BCUT2D eigenvalue weighted by Gasteiger charge is -2.59. The van der Waals surface area contributed by atoms with E-state index < -0.39 is 11.3 Å². The Labute approximate surface area is 212 Å². The van der Waals surface area contributed by atoms with Gasteiger partial charge in [0.25, 0.3) is 5.91 Å². The average Bonchev–Trinajstić information content (AvgIpc) is 3.20. The standard InChI is InChI=1S/C26H39N5O5/c1-15(2)14-36-22-19(13-28-31(22)7-6-25(3,4)23(27)33)21(32)29-20-17-8-16-9-18(20)12-26(10-16,11-17)30-24(34)35-5/h6-7,13,15-18,20H,8-12,14H2,1-5H3,(H2,27,33)(H,29,32)(H,30,34)/b7-6+/t16?,17?,18?,20-,26-. The fourth-order valence-electron chi connectivity index (χ4n) is 6.25. The first-order chi connectivity index (χ1) is 16.9. The summed E-state index contributed by atoms with van der Waals surface area (Å²) in [5, 5.41) is 10.7. The lowest BCUT2D eigenvalue weighted by Crippen LogP contribution is -2.66. The van der Waals surface area contributed by atoms with Gasteiger partial charge in [-0.1, -0.05) is 19.9 Å². The van der Waals surface area contributed by atoms with Gasteiger partial charge in [0, 0.05) is 17.8 Å². The van der Waals surface area contributed by atoms with Gasteiger partial charge in [0.15, 0.2) is 0 Å². The molecular formula is C26H39N5O5. The first kappa shape index (κ1) is 26.0. The van der Waals surface area contributed by atoms with Crippen LogP contribution in [0.1, 0.15) is 70.2 Å². The van der Waals surface area contributed by atoms with Crippen LogP contribution in [0.25, 0.3) is 6.20 Å². The molecule has 1 aromatic rings. The highest BCUT2D eigenvalue weighted by Crippen LogP contribution is 2.55. The van der Waals surface area contributed by atoms with Crippen LogP contribution in [-0.4, -0.2) is 53.0 Å². The number of amides is 3. The van der Waals surface area contributed by atoms with E-state index in [9.17, 15) is 14.4 Å². The monoisotopic (exact) mass is 501 g/mol. The molecule has 1 heterocycles. The fraction of sp³-hybridized carbons (Fsp3) is 0.692. The second-order valence-electron chi connectivity index (χ2n) is 11.8. The first-order valence-corrected chi connectivity index (χ1v) is 12.8. The molecule has 4 fully saturated rings. The van der Waals surface area contributed by atoms with E-state index in [4.69, 9.17) is 15.2 Å². The minimum atomic E-state index is -0.877. The normalized spacial score (nSPS) is 28.9. The summed E-state index contributed by atoms with van der Waals surface area (Å²) in [6.45, 7) is 7.90. The Bertz CT molecular complexity index is 1030. The molecule has 4 saturated carbocycles. The number of hydrogen-bond acceptors (Lipinski definition) is 6. The number of ether oxygens (including phenoxy) is 2. The largest absolute Gasteiger partial charge is 0.477 e. The Morgan fingerprint density at radius 2 is 1.92 bits per heavy atom. The van der Waals surface area contributed by atoms with E-state index in [1.165, 1.54) is 18.0 Å². The van der Waals surface area contributed by atoms with E-state index >= 15 is 0 Å². The maximum Gasteiger partial charge on any atom is 0.407 e. The summed E-state index contributed by atoms with van der Waals surface area (Å²) in [7, 11) is 1.39. The molecule has 4 bridgehead atoms. The van der Waals surface area contributed by atoms with Crippen LogP contribution in [0.3, 0.4) is 0 Å². The quantitative estimate of drug-likeness (QED) is 0.476. The Morgan fingerprint density at radius 3 is 2.50 bits per heavy atom. The van der Waals surface area contributed by atoms with Crippen molar-refractivity contribution in [3.63, 3.8) is 0 Å². The van der Waals surface area contributed by atoms with E-state index in [1.54, 1.807) is 26.1 Å². The molecule has 3 amide bonds. The third kappa shape index (κ3) is 5.22. The summed E-state index contributed by atoms with van der Waals surface area (Å²) in [6.07, 6.45) is 9.12. The molecule has 1 aromatic heterocycles. The number of alkyl carbamates (subject to hydrolysis) is 1. The zero-order chi connectivity index (χ0) is 26.3. The number of aromatic nitrogens is 2. The van der Waals surface area contributed by atoms with Crippen LogP contribution in [0, 0.1) is 29.1 Å². The van der Waals surface area contributed by atoms with Crippen LogP contribution in [0.4, 0.5) is 4.79 Å². The number of rotatable bonds is 9. The van der Waals surface area contributed by atoms with Crippen molar-refractivity contribution in [3.05, 3.63) is 17.8 Å². The third-order valence-electron chi connectivity index (χ3n) is 7.94. The molecule has 4 N–H and O–H groups in total. The molecule has 10 heteroatoms. The van der Waals surface area contributed by atoms with Gasteiger partial charge in [-0.25, -0.2) is 9.48 Å². The Morgan fingerprint density at radius 1 is 1.25 bits per heavy atom. The van der Waals surface area contributed by atoms with Crippen molar-refractivity contribution < 1.29 is 23.9 Å². The van der Waals surface area contributed by atoms with Gasteiger partial charge in [-0.2, -0.15) is 5.10 Å². The predicted molar refractivity (Wildman–Crippen MR) is 134 cm³/mol. The van der Waals surface area contributed by atoms with Gasteiger partial charge in [0.1, 0.15) is 5.56 Å². The average molecular weight is 502 g/mol. The summed E-state index contributed by atoms with van der Waals surface area (Å²) in [4.78, 5) is 37.2. The molecule has 198 valence electrons. The van der Waals surface area contributed by atoms with Gasteiger partial charge >= 0.3 is 6.09 Å². The van der Waals surface area contributed by atoms with Crippen molar-refractivity contribution in [2.45, 2.75) is 71.4 Å². The van der Waals surface area contributed by atoms with Crippen molar-refractivity contribution in [1.82, 2.24) is 20.4 Å². The summed E-state index contributed by atoms with van der Waals surface area (Å²) in [5.74, 6) is 1.04. The maximum atomic E-state index is 13.5. The van der Waals surface area contributed by atoms with E-state index in [1.807, 2.05) is 13.8 Å². The van der Waals surface area contributed by atoms with Crippen LogP contribution >= 0.6 is 0 Å². The summed E-state index contributed by atoms with van der Waals surface area (Å²) in [5.41, 5.74) is 4.73. The molecule has 2 atom stereocenters. The molecule has 4 aliphatic rings. The number of nitrogens with zero attached hydrogens (tertiary/aromatic N) is 2. The second kappa shape index (κ2) is 9.78. The highest BCUT2D eigenvalue weighted by molar-refractivity contribution is 5.96. The number of nitrogens with two attached hydrogens (primary N) is 1. The van der Waals surface area contributed by atoms with Gasteiger partial charge in [0.05, 0.1) is 25.3 Å². The highest BCUT2D eigenvalue weighted by atomic mass is 16.5. The molecule has 0 radical (unpaired) electrons. The highest BCUT2D eigenvalue weighted by Gasteiger charge is 2.56. The van der Waals surface area contributed by atoms with E-state index in [0.29, 0.717) is 35.8 Å². The topological polar surface area (TPSA) is 138 Å². The molecule has 10 nitrogen and oxygen atoms in total. The SMILES string of the molecule is COC(=O)N[C@]12CC3CC(C1)[C@@H](NC(=O)c1cnn(/C=C/C(C)(C)C(N)=O)c1OCC(C)C)C(C3)C2. The van der Waals surface area contributed by atoms with Crippen molar-refractivity contribution in [2.24, 2.45) is 34.8 Å². The molecule has 5 rings (SSSR count). The lowest BCUT2D eigenvalue weighted by atomic mass is 9.51. The van der Waals surface area contributed by atoms with Crippen LogP contribution in [0.2, 0.25) is 0 Å². The lowest BCUT2D eigenvalue weighted by molar-refractivity contribution is -0.123. The summed E-state index contributed by atoms with van der Waals surface area (Å²) in [6, 6.07) is 0.0345. The van der Waals surface area contributed by atoms with Crippen LogP contribution < -0.4 is 21.1 Å². The number of carbonyl (C=O) groups excluding carboxylic acids is 3. The smallest absolute Gasteiger partial charge is 0.407 e. The molecule has 2 unspecified atom stereocenters. The number of carbonyl (C=O) groups is 3. The number of hydrogen-bond donors (Lipinski definition) is 3. The number of methoxy groups -OCH3 is 1. The molecule has 0 aromatic carbocycles. The molecule has 0 spiro atoms. The Kier molecular flexibility index (Phi) is 7.07. The molecule has 4 aliphatic carbocycles. The first-order valence-electron chi connectivity index (χ1n) is 12.8. The van der Waals surface area contributed by atoms with Crippen LogP contribution in [-0.2, 0) is 9.53 Å². The Balaban J connectivity index is 1.52. The van der Waals surface area contributed by atoms with Crippen LogP contribution in [0.15, 0.2) is 12.3 Å². The molecule has 36 heavy (non-hydrogen) atoms. The van der Waals surface area contributed by atoms with Gasteiger partial charge in [0.2, 0.25) is 11.8 Å². The van der Waals surface area contributed by atoms with Gasteiger partial charge in [-0.3, -0.25) is 9.59 Å². The van der Waals surface area contributed by atoms with E-state index in [2.05, 4.69) is 15.7 Å². The Hall–Kier alpha value is -3.04. The van der Waals surface area contributed by atoms with Crippen molar-refractivity contribution in [1.29, 1.82) is 0 Å². The van der Waals surface area contributed by atoms with E-state index in [-0.39, 0.29) is 29.5 Å². The minimum Gasteiger partial charge on any atom is -0.477 e. The van der Waals surface area contributed by atoms with Crippen molar-refractivity contribution in [2.75, 3.05) is 13.7 Å². The van der Waals surface area contributed by atoms with E-state index in [0.717, 1.165) is 32.1 Å². The van der Waals surface area contributed by atoms with Gasteiger partial charge in [-0.15, -0.1) is 0 Å². The summed E-state index contributed by atoms with van der Waals surface area (Å²) >= 11 is 0. The van der Waals surface area contributed by atoms with Crippen molar-refractivity contribution >= 4 is 24.1 Å².